The lowest BCUT2D eigenvalue weighted by Crippen LogP contribution is -2.31. The highest BCUT2D eigenvalue weighted by Crippen LogP contribution is 2.17. The normalized spacial score (nSPS) is 10.4. The Morgan fingerprint density at radius 3 is 2.38 bits per heavy atom. The van der Waals surface area contributed by atoms with Crippen molar-refractivity contribution in [1.29, 1.82) is 0 Å². The molecule has 2 aromatic carbocycles. The third-order valence-corrected chi connectivity index (χ3v) is 3.81. The van der Waals surface area contributed by atoms with Gasteiger partial charge in [-0.2, -0.15) is 0 Å². The second-order valence-corrected chi connectivity index (χ2v) is 5.50. The first-order valence-electron chi connectivity index (χ1n) is 6.57. The van der Waals surface area contributed by atoms with Crippen LogP contribution in [0.1, 0.15) is 16.7 Å². The van der Waals surface area contributed by atoms with E-state index in [2.05, 4.69) is 21.4 Å². The molecule has 0 unspecified atom stereocenters. The van der Waals surface area contributed by atoms with Gasteiger partial charge in [0.2, 0.25) is 5.91 Å². The number of halogens is 1. The van der Waals surface area contributed by atoms with E-state index >= 15 is 0 Å². The van der Waals surface area contributed by atoms with Gasteiger partial charge in [0.1, 0.15) is 0 Å². The molecular formula is C16H17BrN2O2. The largest absolute Gasteiger partial charge is 0.372 e. The van der Waals surface area contributed by atoms with Gasteiger partial charge in [-0.15, -0.1) is 0 Å². The Morgan fingerprint density at radius 2 is 1.71 bits per heavy atom. The van der Waals surface area contributed by atoms with Gasteiger partial charge in [-0.25, -0.2) is 5.84 Å². The van der Waals surface area contributed by atoms with Gasteiger partial charge in [0.05, 0.1) is 19.6 Å². The zero-order chi connectivity index (χ0) is 15.1. The zero-order valence-corrected chi connectivity index (χ0v) is 13.1. The summed E-state index contributed by atoms with van der Waals surface area (Å²) in [5.74, 6) is 4.86. The molecule has 0 aromatic heterocycles. The van der Waals surface area contributed by atoms with Crippen molar-refractivity contribution in [3.05, 3.63) is 69.7 Å². The molecule has 1 amide bonds. The summed E-state index contributed by atoms with van der Waals surface area (Å²) < 4.78 is 6.75. The Balaban J connectivity index is 1.84. The predicted molar refractivity (Wildman–Crippen MR) is 85.1 cm³/mol. The molecule has 0 aliphatic carbocycles. The summed E-state index contributed by atoms with van der Waals surface area (Å²) in [5, 5.41) is 0. The summed E-state index contributed by atoms with van der Waals surface area (Å²) in [7, 11) is 0. The van der Waals surface area contributed by atoms with E-state index in [1.54, 1.807) is 0 Å². The number of ether oxygens (including phenoxy) is 1. The number of carbonyl (C=O) groups excluding carboxylic acids is 1. The van der Waals surface area contributed by atoms with Gasteiger partial charge in [-0.3, -0.25) is 10.2 Å². The molecule has 2 rings (SSSR count). The van der Waals surface area contributed by atoms with Crippen molar-refractivity contribution in [3.63, 3.8) is 0 Å². The van der Waals surface area contributed by atoms with Crippen LogP contribution in [-0.4, -0.2) is 5.91 Å². The van der Waals surface area contributed by atoms with Gasteiger partial charge >= 0.3 is 0 Å². The summed E-state index contributed by atoms with van der Waals surface area (Å²) in [5.41, 5.74) is 5.23. The van der Waals surface area contributed by atoms with E-state index in [4.69, 9.17) is 10.6 Å². The molecule has 4 nitrogen and oxygen atoms in total. The lowest BCUT2D eigenvalue weighted by Gasteiger charge is -2.07. The minimum Gasteiger partial charge on any atom is -0.372 e. The maximum atomic E-state index is 11.2. The number of hydrogen-bond donors (Lipinski definition) is 2. The van der Waals surface area contributed by atoms with Crippen molar-refractivity contribution < 1.29 is 9.53 Å². The minimum absolute atomic E-state index is 0.201. The molecule has 0 fully saturated rings. The number of rotatable bonds is 6. The van der Waals surface area contributed by atoms with Gasteiger partial charge in [0.25, 0.3) is 0 Å². The molecular weight excluding hydrogens is 332 g/mol. The van der Waals surface area contributed by atoms with E-state index in [1.807, 2.05) is 48.5 Å². The van der Waals surface area contributed by atoms with Crippen molar-refractivity contribution in [3.8, 4) is 0 Å². The molecule has 0 radical (unpaired) electrons. The number of nitrogens with one attached hydrogen (secondary N) is 1. The number of amides is 1. The molecule has 0 saturated carbocycles. The van der Waals surface area contributed by atoms with Gasteiger partial charge < -0.3 is 4.74 Å². The first-order chi connectivity index (χ1) is 10.2. The van der Waals surface area contributed by atoms with E-state index in [9.17, 15) is 4.79 Å². The molecule has 110 valence electrons. The minimum atomic E-state index is -0.201. The monoisotopic (exact) mass is 348 g/mol. The highest BCUT2D eigenvalue weighted by atomic mass is 79.9. The van der Waals surface area contributed by atoms with E-state index in [0.29, 0.717) is 13.2 Å². The molecule has 21 heavy (non-hydrogen) atoms. The summed E-state index contributed by atoms with van der Waals surface area (Å²) >= 11 is 3.49. The van der Waals surface area contributed by atoms with Crippen molar-refractivity contribution in [2.24, 2.45) is 5.84 Å². The van der Waals surface area contributed by atoms with Crippen LogP contribution in [0.25, 0.3) is 0 Å². The van der Waals surface area contributed by atoms with Crippen molar-refractivity contribution in [2.75, 3.05) is 0 Å². The third-order valence-electron chi connectivity index (χ3n) is 3.03. The highest BCUT2D eigenvalue weighted by Gasteiger charge is 2.02. The fourth-order valence-electron chi connectivity index (χ4n) is 1.88. The van der Waals surface area contributed by atoms with Gasteiger partial charge in [0.15, 0.2) is 0 Å². The summed E-state index contributed by atoms with van der Waals surface area (Å²) in [4.78, 5) is 11.2. The lowest BCUT2D eigenvalue weighted by atomic mass is 10.1. The molecule has 0 aliphatic heterocycles. The van der Waals surface area contributed by atoms with Gasteiger partial charge in [-0.05, 0) is 22.8 Å². The van der Waals surface area contributed by atoms with Crippen LogP contribution >= 0.6 is 15.9 Å². The number of nitrogens with two attached hydrogens (primary N) is 1. The molecule has 0 bridgehead atoms. The van der Waals surface area contributed by atoms with Crippen LogP contribution in [0.15, 0.2) is 53.0 Å². The molecule has 0 atom stereocenters. The first-order valence-corrected chi connectivity index (χ1v) is 7.37. The Morgan fingerprint density at radius 1 is 1.05 bits per heavy atom. The fraction of sp³-hybridized carbons (Fsp3) is 0.188. The standard InChI is InChI=1S/C16H17BrN2O2/c17-15-4-2-1-3-14(15)11-21-10-13-7-5-12(6-8-13)9-16(20)19-18/h1-8H,9-11,18H2,(H,19,20). The van der Waals surface area contributed by atoms with Crippen molar-refractivity contribution in [1.82, 2.24) is 5.43 Å². The summed E-state index contributed by atoms with van der Waals surface area (Å²) in [6.45, 7) is 1.09. The number of carbonyl (C=O) groups is 1. The Labute approximate surface area is 132 Å². The molecule has 0 spiro atoms. The molecule has 0 heterocycles. The fourth-order valence-corrected chi connectivity index (χ4v) is 2.28. The Bertz CT molecular complexity index is 599. The number of benzene rings is 2. The second-order valence-electron chi connectivity index (χ2n) is 4.64. The number of hydrogen-bond acceptors (Lipinski definition) is 3. The summed E-state index contributed by atoms with van der Waals surface area (Å²) in [6, 6.07) is 15.7. The predicted octanol–water partition coefficient (Wildman–Crippen LogP) is 2.70. The van der Waals surface area contributed by atoms with Crippen molar-refractivity contribution in [2.45, 2.75) is 19.6 Å². The van der Waals surface area contributed by atoms with E-state index < -0.39 is 0 Å². The average Bonchev–Trinajstić information content (AvgIpc) is 2.51. The van der Waals surface area contributed by atoms with Crippen LogP contribution in [0, 0.1) is 0 Å². The van der Waals surface area contributed by atoms with Crippen LogP contribution in [0.5, 0.6) is 0 Å². The Kier molecular flexibility index (Phi) is 5.92. The zero-order valence-electron chi connectivity index (χ0n) is 11.5. The second kappa shape index (κ2) is 7.93. The van der Waals surface area contributed by atoms with E-state index in [1.165, 1.54) is 0 Å². The SMILES string of the molecule is NNC(=O)Cc1ccc(COCc2ccccc2Br)cc1. The van der Waals surface area contributed by atoms with Crippen molar-refractivity contribution >= 4 is 21.8 Å². The molecule has 0 aliphatic rings. The third kappa shape index (κ3) is 4.97. The van der Waals surface area contributed by atoms with Gasteiger partial charge in [0, 0.05) is 4.47 Å². The molecule has 3 N–H and O–H groups in total. The lowest BCUT2D eigenvalue weighted by molar-refractivity contribution is -0.120. The van der Waals surface area contributed by atoms with Crippen LogP contribution in [-0.2, 0) is 29.2 Å². The highest BCUT2D eigenvalue weighted by molar-refractivity contribution is 9.10. The number of hydrazine groups is 1. The molecule has 5 heteroatoms. The molecule has 2 aromatic rings. The maximum absolute atomic E-state index is 11.2. The van der Waals surface area contributed by atoms with Crippen LogP contribution in [0.4, 0.5) is 0 Å². The van der Waals surface area contributed by atoms with E-state index in [0.717, 1.165) is 21.2 Å². The van der Waals surface area contributed by atoms with Crippen LogP contribution in [0.2, 0.25) is 0 Å². The smallest absolute Gasteiger partial charge is 0.238 e. The topological polar surface area (TPSA) is 64.3 Å². The quantitative estimate of drug-likeness (QED) is 0.479. The van der Waals surface area contributed by atoms with Gasteiger partial charge in [-0.1, -0.05) is 58.4 Å². The van der Waals surface area contributed by atoms with Crippen LogP contribution in [0.3, 0.4) is 0 Å². The first kappa shape index (κ1) is 15.7. The maximum Gasteiger partial charge on any atom is 0.238 e. The Hall–Kier alpha value is -1.69. The van der Waals surface area contributed by atoms with Crippen LogP contribution < -0.4 is 11.3 Å². The molecule has 0 saturated heterocycles. The van der Waals surface area contributed by atoms with E-state index in [-0.39, 0.29) is 12.3 Å². The summed E-state index contributed by atoms with van der Waals surface area (Å²) in [6.07, 6.45) is 0.286. The average molecular weight is 349 g/mol.